The van der Waals surface area contributed by atoms with Crippen molar-refractivity contribution in [1.82, 2.24) is 5.32 Å². The number of carbonyl (C=O) groups is 2. The van der Waals surface area contributed by atoms with Crippen LogP contribution in [0.1, 0.15) is 24.9 Å². The highest BCUT2D eigenvalue weighted by atomic mass is 35.5. The lowest BCUT2D eigenvalue weighted by molar-refractivity contribution is -0.126. The van der Waals surface area contributed by atoms with Crippen LogP contribution in [-0.2, 0) is 9.59 Å². The van der Waals surface area contributed by atoms with Gasteiger partial charge in [0.2, 0.25) is 11.8 Å². The molecule has 1 N–H and O–H groups in total. The first kappa shape index (κ1) is 18.6. The maximum atomic E-state index is 12.7. The molecule has 2 unspecified atom stereocenters. The molecule has 0 spiro atoms. The van der Waals surface area contributed by atoms with E-state index in [1.54, 1.807) is 23.1 Å². The number of carbonyl (C=O) groups excluding carboxylic acids is 2. The van der Waals surface area contributed by atoms with Gasteiger partial charge in [0, 0.05) is 29.7 Å². The molecule has 6 nitrogen and oxygen atoms in total. The van der Waals surface area contributed by atoms with Gasteiger partial charge in [-0.05, 0) is 30.7 Å². The number of nitrogens with one attached hydrogen (secondary N) is 1. The molecule has 4 rings (SSSR count). The van der Waals surface area contributed by atoms with Crippen molar-refractivity contribution in [2.75, 3.05) is 24.7 Å². The van der Waals surface area contributed by atoms with Gasteiger partial charge in [-0.3, -0.25) is 9.59 Å². The summed E-state index contributed by atoms with van der Waals surface area (Å²) in [7, 11) is 0. The number of amides is 2. The van der Waals surface area contributed by atoms with Crippen LogP contribution in [0.5, 0.6) is 11.5 Å². The first-order chi connectivity index (χ1) is 13.5. The van der Waals surface area contributed by atoms with E-state index in [0.29, 0.717) is 42.0 Å². The third-order valence-electron chi connectivity index (χ3n) is 5.06. The van der Waals surface area contributed by atoms with Crippen LogP contribution in [0.3, 0.4) is 0 Å². The molecule has 0 saturated carbocycles. The van der Waals surface area contributed by atoms with Gasteiger partial charge in [-0.25, -0.2) is 0 Å². The third-order valence-corrected chi connectivity index (χ3v) is 5.41. The first-order valence-corrected chi connectivity index (χ1v) is 9.65. The molecule has 0 aromatic heterocycles. The highest BCUT2D eigenvalue weighted by Gasteiger charge is 2.36. The fourth-order valence-electron chi connectivity index (χ4n) is 3.57. The quantitative estimate of drug-likeness (QED) is 0.854. The Labute approximate surface area is 168 Å². The Morgan fingerprint density at radius 3 is 2.71 bits per heavy atom. The molecule has 7 heteroatoms. The second kappa shape index (κ2) is 7.72. The van der Waals surface area contributed by atoms with Gasteiger partial charge in [0.15, 0.2) is 11.5 Å². The van der Waals surface area contributed by atoms with Crippen LogP contribution in [-0.4, -0.2) is 31.6 Å². The maximum Gasteiger partial charge on any atom is 0.227 e. The lowest BCUT2D eigenvalue weighted by Crippen LogP contribution is -2.34. The molecule has 1 saturated heterocycles. The molecule has 2 aliphatic rings. The zero-order chi connectivity index (χ0) is 19.7. The predicted molar refractivity (Wildman–Crippen MR) is 106 cm³/mol. The maximum absolute atomic E-state index is 12.7. The summed E-state index contributed by atoms with van der Waals surface area (Å²) in [6, 6.07) is 12.6. The molecule has 0 bridgehead atoms. The highest BCUT2D eigenvalue weighted by molar-refractivity contribution is 6.31. The van der Waals surface area contributed by atoms with E-state index in [9.17, 15) is 9.59 Å². The topological polar surface area (TPSA) is 67.9 Å². The molecule has 28 heavy (non-hydrogen) atoms. The Morgan fingerprint density at radius 2 is 1.93 bits per heavy atom. The monoisotopic (exact) mass is 400 g/mol. The Morgan fingerprint density at radius 1 is 1.18 bits per heavy atom. The van der Waals surface area contributed by atoms with Crippen molar-refractivity contribution in [1.29, 1.82) is 0 Å². The zero-order valence-corrected chi connectivity index (χ0v) is 16.2. The molecule has 146 valence electrons. The minimum Gasteiger partial charge on any atom is -0.486 e. The van der Waals surface area contributed by atoms with Gasteiger partial charge in [0.25, 0.3) is 0 Å². The summed E-state index contributed by atoms with van der Waals surface area (Å²) in [5, 5.41) is 3.58. The van der Waals surface area contributed by atoms with Crippen LogP contribution in [0.4, 0.5) is 5.69 Å². The number of hydrogen-bond donors (Lipinski definition) is 1. The van der Waals surface area contributed by atoms with E-state index in [1.807, 2.05) is 31.2 Å². The molecule has 2 aliphatic heterocycles. The van der Waals surface area contributed by atoms with Crippen molar-refractivity contribution in [3.63, 3.8) is 0 Å². The summed E-state index contributed by atoms with van der Waals surface area (Å²) in [5.41, 5.74) is 1.56. The van der Waals surface area contributed by atoms with Gasteiger partial charge in [0.05, 0.1) is 12.0 Å². The Bertz CT molecular complexity index is 917. The van der Waals surface area contributed by atoms with E-state index in [1.165, 1.54) is 0 Å². The number of nitrogens with zero attached hydrogens (tertiary/aromatic N) is 1. The van der Waals surface area contributed by atoms with E-state index >= 15 is 0 Å². The van der Waals surface area contributed by atoms with Crippen LogP contribution in [0, 0.1) is 5.92 Å². The summed E-state index contributed by atoms with van der Waals surface area (Å²) in [6.07, 6.45) is 0.176. The van der Waals surface area contributed by atoms with Gasteiger partial charge >= 0.3 is 0 Å². The van der Waals surface area contributed by atoms with E-state index in [4.69, 9.17) is 21.1 Å². The fourth-order valence-corrected chi connectivity index (χ4v) is 3.87. The predicted octanol–water partition coefficient (Wildman–Crippen LogP) is 3.34. The Hall–Kier alpha value is -2.73. The number of fused-ring (bicyclic) bond motifs is 1. The molecule has 1 fully saturated rings. The van der Waals surface area contributed by atoms with Crippen molar-refractivity contribution in [3.8, 4) is 11.5 Å². The summed E-state index contributed by atoms with van der Waals surface area (Å²) >= 11 is 6.21. The summed E-state index contributed by atoms with van der Waals surface area (Å²) in [4.78, 5) is 26.9. The zero-order valence-electron chi connectivity index (χ0n) is 15.5. The number of benzene rings is 2. The summed E-state index contributed by atoms with van der Waals surface area (Å²) in [5.74, 6) is 0.648. The highest BCUT2D eigenvalue weighted by Crippen LogP contribution is 2.36. The fraction of sp³-hybridized carbons (Fsp3) is 0.333. The number of anilines is 1. The van der Waals surface area contributed by atoms with E-state index in [0.717, 1.165) is 5.56 Å². The van der Waals surface area contributed by atoms with E-state index in [-0.39, 0.29) is 24.3 Å². The molecule has 2 heterocycles. The van der Waals surface area contributed by atoms with Crippen LogP contribution in [0.15, 0.2) is 42.5 Å². The number of ether oxygens (including phenoxy) is 2. The molecule has 2 aromatic rings. The summed E-state index contributed by atoms with van der Waals surface area (Å²) < 4.78 is 11.1. The lowest BCUT2D eigenvalue weighted by atomic mass is 10.0. The molecule has 2 amide bonds. The molecule has 0 aliphatic carbocycles. The van der Waals surface area contributed by atoms with E-state index < -0.39 is 5.92 Å². The minimum atomic E-state index is -0.411. The minimum absolute atomic E-state index is 0.0813. The number of halogens is 1. The molecule has 2 aromatic carbocycles. The van der Waals surface area contributed by atoms with Gasteiger partial charge in [-0.2, -0.15) is 0 Å². The molecular formula is C21H21ClN2O4. The van der Waals surface area contributed by atoms with Crippen LogP contribution in [0.2, 0.25) is 5.02 Å². The van der Waals surface area contributed by atoms with Crippen LogP contribution < -0.4 is 19.7 Å². The van der Waals surface area contributed by atoms with Crippen LogP contribution in [0.25, 0.3) is 0 Å². The molecule has 0 radical (unpaired) electrons. The SMILES string of the molecule is CC(NC(=O)C1CC(=O)N(c2ccc3c(c2)OCCO3)C1)c1ccccc1Cl. The first-order valence-electron chi connectivity index (χ1n) is 9.28. The number of rotatable bonds is 4. The van der Waals surface area contributed by atoms with Crippen molar-refractivity contribution >= 4 is 29.1 Å². The van der Waals surface area contributed by atoms with Crippen LogP contribution >= 0.6 is 11.6 Å². The van der Waals surface area contributed by atoms with Gasteiger partial charge < -0.3 is 19.7 Å². The number of hydrogen-bond acceptors (Lipinski definition) is 4. The van der Waals surface area contributed by atoms with E-state index in [2.05, 4.69) is 5.32 Å². The normalized spacial score (nSPS) is 19.4. The van der Waals surface area contributed by atoms with Gasteiger partial charge in [-0.15, -0.1) is 0 Å². The summed E-state index contributed by atoms with van der Waals surface area (Å²) in [6.45, 7) is 3.21. The Kier molecular flexibility index (Phi) is 5.13. The second-order valence-electron chi connectivity index (χ2n) is 6.99. The van der Waals surface area contributed by atoms with Gasteiger partial charge in [0.1, 0.15) is 13.2 Å². The van der Waals surface area contributed by atoms with Crippen molar-refractivity contribution < 1.29 is 19.1 Å². The largest absolute Gasteiger partial charge is 0.486 e. The average Bonchev–Trinajstić information content (AvgIpc) is 3.09. The van der Waals surface area contributed by atoms with Crippen molar-refractivity contribution in [2.45, 2.75) is 19.4 Å². The average molecular weight is 401 g/mol. The molecule has 2 atom stereocenters. The van der Waals surface area contributed by atoms with Gasteiger partial charge in [-0.1, -0.05) is 29.8 Å². The second-order valence-corrected chi connectivity index (χ2v) is 7.39. The standard InChI is InChI=1S/C21H21ClN2O4/c1-13(16-4-2-3-5-17(16)22)23-21(26)14-10-20(25)24(12-14)15-6-7-18-19(11-15)28-9-8-27-18/h2-7,11,13-14H,8-10,12H2,1H3,(H,23,26). The third kappa shape index (κ3) is 3.64. The smallest absolute Gasteiger partial charge is 0.227 e. The van der Waals surface area contributed by atoms with Crippen molar-refractivity contribution in [3.05, 3.63) is 53.1 Å². The van der Waals surface area contributed by atoms with Crippen molar-refractivity contribution in [2.24, 2.45) is 5.92 Å². The lowest BCUT2D eigenvalue weighted by Gasteiger charge is -2.22. The molecular weight excluding hydrogens is 380 g/mol. The Balaban J connectivity index is 1.44.